The average Bonchev–Trinajstić information content (AvgIpc) is 2.60. The van der Waals surface area contributed by atoms with E-state index in [2.05, 4.69) is 8.92 Å². The molecule has 1 aromatic rings. The predicted molar refractivity (Wildman–Crippen MR) is 81.1 cm³/mol. The number of carbonyl (C=O) groups excluding carboxylic acids is 1. The van der Waals surface area contributed by atoms with Crippen molar-refractivity contribution < 1.29 is 57.3 Å². The Bertz CT molecular complexity index is 805. The van der Waals surface area contributed by atoms with Crippen molar-refractivity contribution in [3.8, 4) is 0 Å². The molecule has 0 aromatic heterocycles. The number of benzene rings is 1. The lowest BCUT2D eigenvalue weighted by Gasteiger charge is -2.28. The minimum absolute atomic E-state index is 0.0479. The Labute approximate surface area is 159 Å². The van der Waals surface area contributed by atoms with Gasteiger partial charge in [0.15, 0.2) is 6.10 Å². The van der Waals surface area contributed by atoms with Crippen LogP contribution in [0.3, 0.4) is 0 Å². The van der Waals surface area contributed by atoms with Gasteiger partial charge in [0.25, 0.3) is 0 Å². The van der Waals surface area contributed by atoms with E-state index in [1.54, 1.807) is 0 Å². The molecule has 1 rings (SSSR count). The van der Waals surface area contributed by atoms with E-state index in [-0.39, 0.29) is 12.8 Å². The minimum Gasteiger partial charge on any atom is -0.467 e. The summed E-state index contributed by atoms with van der Waals surface area (Å²) in [6.07, 6.45) is -10.1. The van der Waals surface area contributed by atoms with E-state index in [1.165, 1.54) is 12.1 Å². The van der Waals surface area contributed by atoms with Gasteiger partial charge in [0.05, 0.1) is 7.11 Å². The molecule has 29 heavy (non-hydrogen) atoms. The molecule has 0 bridgehead atoms. The number of ether oxygens (including phenoxy) is 1. The second-order valence-electron chi connectivity index (χ2n) is 5.67. The topological polar surface area (TPSA) is 69.7 Å². The number of esters is 1. The van der Waals surface area contributed by atoms with Crippen LogP contribution >= 0.6 is 0 Å². The van der Waals surface area contributed by atoms with Crippen molar-refractivity contribution in [1.82, 2.24) is 0 Å². The molecule has 0 spiro atoms. The lowest BCUT2D eigenvalue weighted by molar-refractivity contribution is -0.333. The Hall–Kier alpha value is -1.96. The van der Waals surface area contributed by atoms with Crippen molar-refractivity contribution in [1.29, 1.82) is 0 Å². The summed E-state index contributed by atoms with van der Waals surface area (Å²) < 4.78 is 133. The maximum atomic E-state index is 13.5. The first kappa shape index (κ1) is 25.1. The smallest absolute Gasteiger partial charge is 0.461 e. The van der Waals surface area contributed by atoms with Crippen LogP contribution in [0, 0.1) is 5.82 Å². The molecule has 0 radical (unpaired) electrons. The van der Waals surface area contributed by atoms with E-state index in [0.29, 0.717) is 12.7 Å². The second-order valence-corrected chi connectivity index (χ2v) is 7.28. The van der Waals surface area contributed by atoms with Crippen LogP contribution in [0.5, 0.6) is 0 Å². The molecule has 1 atom stereocenters. The van der Waals surface area contributed by atoms with Gasteiger partial charge in [-0.1, -0.05) is 12.1 Å². The molecular weight excluding hydrogens is 444 g/mol. The van der Waals surface area contributed by atoms with Crippen molar-refractivity contribution in [2.24, 2.45) is 0 Å². The summed E-state index contributed by atoms with van der Waals surface area (Å²) in [6, 6.07) is 4.79. The van der Waals surface area contributed by atoms with Crippen LogP contribution in [0.15, 0.2) is 24.3 Å². The third kappa shape index (κ3) is 5.56. The van der Waals surface area contributed by atoms with Gasteiger partial charge in [-0.05, 0) is 37.0 Å². The molecule has 5 nitrogen and oxygen atoms in total. The summed E-state index contributed by atoms with van der Waals surface area (Å²) in [5.41, 5.74) is 0.479. The first-order chi connectivity index (χ1) is 13.1. The summed E-state index contributed by atoms with van der Waals surface area (Å²) in [6.45, 7) is 0. The summed E-state index contributed by atoms with van der Waals surface area (Å²) >= 11 is 0. The molecule has 1 aromatic carbocycles. The number of methoxy groups -OCH3 is 1. The molecule has 0 aliphatic heterocycles. The lowest BCUT2D eigenvalue weighted by Crippen LogP contribution is -2.57. The highest BCUT2D eigenvalue weighted by molar-refractivity contribution is 7.87. The Morgan fingerprint density at radius 1 is 1.03 bits per heavy atom. The van der Waals surface area contributed by atoms with Gasteiger partial charge in [-0.3, -0.25) is 4.18 Å². The molecule has 0 saturated carbocycles. The van der Waals surface area contributed by atoms with Gasteiger partial charge in [-0.25, -0.2) is 9.18 Å². The van der Waals surface area contributed by atoms with Crippen molar-refractivity contribution in [2.75, 3.05) is 7.11 Å². The summed E-state index contributed by atoms with van der Waals surface area (Å²) in [7, 11) is -6.22. The normalized spacial score (nSPS) is 14.5. The van der Waals surface area contributed by atoms with Crippen LogP contribution in [0.1, 0.15) is 18.4 Å². The van der Waals surface area contributed by atoms with Crippen LogP contribution in [0.4, 0.5) is 35.1 Å². The second kappa shape index (κ2) is 8.81. The number of aryl methyl sites for hydroxylation is 1. The Morgan fingerprint density at radius 3 is 2.00 bits per heavy atom. The quantitative estimate of drug-likeness (QED) is 0.320. The van der Waals surface area contributed by atoms with Crippen molar-refractivity contribution in [3.63, 3.8) is 0 Å². The van der Waals surface area contributed by atoms with Crippen LogP contribution < -0.4 is 0 Å². The van der Waals surface area contributed by atoms with Gasteiger partial charge in [0.2, 0.25) is 0 Å². The zero-order chi connectivity index (χ0) is 22.7. The van der Waals surface area contributed by atoms with E-state index < -0.39 is 51.8 Å². The van der Waals surface area contributed by atoms with E-state index in [0.717, 1.165) is 12.1 Å². The first-order valence-electron chi connectivity index (χ1n) is 7.64. The van der Waals surface area contributed by atoms with Gasteiger partial charge >= 0.3 is 33.4 Å². The summed E-state index contributed by atoms with van der Waals surface area (Å²) in [5.74, 6) is -9.13. The van der Waals surface area contributed by atoms with Crippen LogP contribution in [-0.4, -0.2) is 45.0 Å². The fraction of sp³-hybridized carbons (Fsp3) is 0.533. The highest BCUT2D eigenvalue weighted by Crippen LogP contribution is 2.49. The van der Waals surface area contributed by atoms with Crippen LogP contribution in [0.2, 0.25) is 0 Å². The van der Waals surface area contributed by atoms with Crippen molar-refractivity contribution in [3.05, 3.63) is 35.6 Å². The molecule has 0 amide bonds. The molecule has 1 unspecified atom stereocenters. The molecule has 14 heteroatoms. The monoisotopic (exact) mass is 458 g/mol. The van der Waals surface area contributed by atoms with Crippen LogP contribution in [-0.2, 0) is 30.3 Å². The Balaban J connectivity index is 2.98. The zero-order valence-corrected chi connectivity index (χ0v) is 15.3. The predicted octanol–water partition coefficient (Wildman–Crippen LogP) is 3.83. The minimum atomic E-state index is -6.98. The largest absolute Gasteiger partial charge is 0.467 e. The van der Waals surface area contributed by atoms with Gasteiger partial charge < -0.3 is 4.74 Å². The SMILES string of the molecule is COC(=O)C(CCCc1ccc(F)cc1)OS(=O)(=O)C(F)(F)C(F)(F)C(F)(F)F. The van der Waals surface area contributed by atoms with E-state index in [9.17, 15) is 48.3 Å². The van der Waals surface area contributed by atoms with Gasteiger partial charge in [-0.15, -0.1) is 0 Å². The lowest BCUT2D eigenvalue weighted by atomic mass is 10.1. The summed E-state index contributed by atoms with van der Waals surface area (Å²) in [4.78, 5) is 11.5. The fourth-order valence-corrected chi connectivity index (χ4v) is 3.05. The highest BCUT2D eigenvalue weighted by atomic mass is 32.2. The zero-order valence-electron chi connectivity index (χ0n) is 14.5. The van der Waals surface area contributed by atoms with Crippen molar-refractivity contribution in [2.45, 2.75) is 42.7 Å². The van der Waals surface area contributed by atoms with E-state index >= 15 is 0 Å². The molecule has 0 saturated heterocycles. The maximum absolute atomic E-state index is 13.5. The highest BCUT2D eigenvalue weighted by Gasteiger charge is 2.79. The molecular formula is C15H14F8O5S. The third-order valence-corrected chi connectivity index (χ3v) is 4.96. The van der Waals surface area contributed by atoms with Gasteiger partial charge in [0.1, 0.15) is 5.82 Å². The molecule has 166 valence electrons. The first-order valence-corrected chi connectivity index (χ1v) is 9.05. The van der Waals surface area contributed by atoms with Gasteiger partial charge in [-0.2, -0.15) is 39.2 Å². The maximum Gasteiger partial charge on any atom is 0.461 e. The molecule has 0 N–H and O–H groups in total. The Kier molecular flexibility index (Phi) is 7.62. The standard InChI is InChI=1S/C15H14F8O5S/c1-27-12(24)11(4-2-3-9-5-7-10(16)8-6-9)28-29(25,26)15(22,23)13(17,18)14(19,20)21/h5-8,11H,2-4H2,1H3. The molecule has 0 heterocycles. The Morgan fingerprint density at radius 2 is 1.55 bits per heavy atom. The number of rotatable bonds is 9. The molecule has 0 aliphatic rings. The number of hydrogen-bond donors (Lipinski definition) is 0. The average molecular weight is 458 g/mol. The molecule has 0 fully saturated rings. The number of carbonyl (C=O) groups is 1. The third-order valence-electron chi connectivity index (χ3n) is 3.59. The van der Waals surface area contributed by atoms with Crippen LogP contribution in [0.25, 0.3) is 0 Å². The molecule has 0 aliphatic carbocycles. The fourth-order valence-electron chi connectivity index (χ4n) is 2.01. The van der Waals surface area contributed by atoms with E-state index in [4.69, 9.17) is 0 Å². The number of alkyl halides is 7. The van der Waals surface area contributed by atoms with Crippen molar-refractivity contribution >= 4 is 16.1 Å². The number of hydrogen-bond acceptors (Lipinski definition) is 5. The van der Waals surface area contributed by atoms with E-state index in [1.807, 2.05) is 0 Å². The van der Waals surface area contributed by atoms with Gasteiger partial charge in [0, 0.05) is 0 Å². The summed E-state index contributed by atoms with van der Waals surface area (Å²) in [5, 5.41) is -6.71. The number of halogens is 8.